The van der Waals surface area contributed by atoms with Gasteiger partial charge in [-0.05, 0) is 42.0 Å². The van der Waals surface area contributed by atoms with Crippen molar-refractivity contribution in [2.75, 3.05) is 6.54 Å². The maximum atomic E-state index is 12.0. The summed E-state index contributed by atoms with van der Waals surface area (Å²) in [5, 5.41) is 2.90. The fourth-order valence-electron chi connectivity index (χ4n) is 3.11. The number of fused-ring (bicyclic) bond motifs is 1. The maximum absolute atomic E-state index is 12.0. The smallest absolute Gasteiger partial charge is 0.244 e. The molecule has 0 aliphatic carbocycles. The van der Waals surface area contributed by atoms with Gasteiger partial charge in [0.15, 0.2) is 0 Å². The van der Waals surface area contributed by atoms with Crippen LogP contribution in [0.5, 0.6) is 17.2 Å². The zero-order chi connectivity index (χ0) is 19.2. The standard InChI is InChI=1S/C24H21NO3/c26-24(14-11-18-7-3-1-4-8-18)25-17-22-16-19-15-21(12-13-23(19)28-22)27-20-9-5-2-6-10-20/h1-15,22H,16-17H2,(H,25,26)/b14-11+/t22-/m1/s1. The van der Waals surface area contributed by atoms with Gasteiger partial charge in [-0.15, -0.1) is 0 Å². The molecule has 140 valence electrons. The number of carbonyl (C=O) groups excluding carboxylic acids is 1. The van der Waals surface area contributed by atoms with Gasteiger partial charge in [-0.2, -0.15) is 0 Å². The summed E-state index contributed by atoms with van der Waals surface area (Å²) in [6.45, 7) is 0.460. The lowest BCUT2D eigenvalue weighted by molar-refractivity contribution is -0.116. The van der Waals surface area contributed by atoms with Crippen molar-refractivity contribution in [1.29, 1.82) is 0 Å². The predicted molar refractivity (Wildman–Crippen MR) is 110 cm³/mol. The van der Waals surface area contributed by atoms with E-state index in [0.717, 1.165) is 34.8 Å². The summed E-state index contributed by atoms with van der Waals surface area (Å²) in [6, 6.07) is 25.2. The van der Waals surface area contributed by atoms with Crippen LogP contribution in [0.1, 0.15) is 11.1 Å². The van der Waals surface area contributed by atoms with E-state index in [1.54, 1.807) is 12.2 Å². The Hall–Kier alpha value is -3.53. The first kappa shape index (κ1) is 17.9. The summed E-state index contributed by atoms with van der Waals surface area (Å²) in [5.41, 5.74) is 2.08. The average molecular weight is 371 g/mol. The third-order valence-corrected chi connectivity index (χ3v) is 4.48. The Balaban J connectivity index is 1.30. The molecule has 4 heteroatoms. The second-order valence-corrected chi connectivity index (χ2v) is 6.62. The van der Waals surface area contributed by atoms with Crippen molar-refractivity contribution >= 4 is 12.0 Å². The fourth-order valence-corrected chi connectivity index (χ4v) is 3.11. The zero-order valence-electron chi connectivity index (χ0n) is 15.4. The molecule has 0 aromatic heterocycles. The molecular formula is C24H21NO3. The first-order chi connectivity index (χ1) is 13.8. The summed E-state index contributed by atoms with van der Waals surface area (Å²) < 4.78 is 11.8. The number of ether oxygens (including phenoxy) is 2. The monoisotopic (exact) mass is 371 g/mol. The first-order valence-electron chi connectivity index (χ1n) is 9.30. The highest BCUT2D eigenvalue weighted by Crippen LogP contribution is 2.33. The fraction of sp³-hybridized carbons (Fsp3) is 0.125. The average Bonchev–Trinajstić information content (AvgIpc) is 3.14. The molecule has 0 spiro atoms. The van der Waals surface area contributed by atoms with Crippen LogP contribution in [-0.2, 0) is 11.2 Å². The normalized spacial score (nSPS) is 15.1. The summed E-state index contributed by atoms with van der Waals surface area (Å²) in [6.07, 6.45) is 4.01. The van der Waals surface area contributed by atoms with Gasteiger partial charge in [0, 0.05) is 18.1 Å². The number of hydrogen-bond acceptors (Lipinski definition) is 3. The van der Waals surface area contributed by atoms with Crippen molar-refractivity contribution in [3.63, 3.8) is 0 Å². The summed E-state index contributed by atoms with van der Waals surface area (Å²) >= 11 is 0. The lowest BCUT2D eigenvalue weighted by Crippen LogP contribution is -2.33. The summed E-state index contributed by atoms with van der Waals surface area (Å²) in [5.74, 6) is 2.30. The third kappa shape index (κ3) is 4.60. The minimum Gasteiger partial charge on any atom is -0.488 e. The van der Waals surface area contributed by atoms with E-state index in [-0.39, 0.29) is 12.0 Å². The predicted octanol–water partition coefficient (Wildman–Crippen LogP) is 4.61. The second-order valence-electron chi connectivity index (χ2n) is 6.62. The van der Waals surface area contributed by atoms with Gasteiger partial charge in [0.2, 0.25) is 5.91 Å². The van der Waals surface area contributed by atoms with Crippen molar-refractivity contribution in [2.24, 2.45) is 0 Å². The van der Waals surface area contributed by atoms with Crippen LogP contribution in [0.2, 0.25) is 0 Å². The Bertz CT molecular complexity index is 968. The number of amides is 1. The Kier molecular flexibility index (Phi) is 5.38. The van der Waals surface area contributed by atoms with Crippen molar-refractivity contribution in [1.82, 2.24) is 5.32 Å². The molecule has 3 aromatic rings. The highest BCUT2D eigenvalue weighted by Gasteiger charge is 2.23. The molecular weight excluding hydrogens is 350 g/mol. The van der Waals surface area contributed by atoms with Crippen LogP contribution in [0, 0.1) is 0 Å². The molecule has 4 rings (SSSR count). The number of benzene rings is 3. The van der Waals surface area contributed by atoms with E-state index in [4.69, 9.17) is 9.47 Å². The van der Waals surface area contributed by atoms with Gasteiger partial charge in [-0.1, -0.05) is 48.5 Å². The van der Waals surface area contributed by atoms with Crippen LogP contribution in [0.4, 0.5) is 0 Å². The van der Waals surface area contributed by atoms with E-state index in [1.165, 1.54) is 0 Å². The SMILES string of the molecule is O=C(/C=C/c1ccccc1)NC[C@H]1Cc2cc(Oc3ccccc3)ccc2O1. The first-order valence-corrected chi connectivity index (χ1v) is 9.30. The molecule has 4 nitrogen and oxygen atoms in total. The highest BCUT2D eigenvalue weighted by molar-refractivity contribution is 5.91. The molecule has 1 aliphatic heterocycles. The second kappa shape index (κ2) is 8.44. The molecule has 0 saturated carbocycles. The molecule has 1 amide bonds. The van der Waals surface area contributed by atoms with Gasteiger partial charge in [0.25, 0.3) is 0 Å². The van der Waals surface area contributed by atoms with E-state index in [9.17, 15) is 4.79 Å². The van der Waals surface area contributed by atoms with Crippen LogP contribution in [-0.4, -0.2) is 18.6 Å². The Morgan fingerprint density at radius 3 is 2.54 bits per heavy atom. The molecule has 0 unspecified atom stereocenters. The van der Waals surface area contributed by atoms with E-state index in [2.05, 4.69) is 5.32 Å². The number of rotatable bonds is 6. The lowest BCUT2D eigenvalue weighted by atomic mass is 10.1. The Morgan fingerprint density at radius 1 is 1.00 bits per heavy atom. The van der Waals surface area contributed by atoms with E-state index in [0.29, 0.717) is 6.54 Å². The van der Waals surface area contributed by atoms with Crippen LogP contribution in [0.25, 0.3) is 6.08 Å². The Labute approximate surface area is 164 Å². The topological polar surface area (TPSA) is 47.6 Å². The van der Waals surface area contributed by atoms with Crippen LogP contribution >= 0.6 is 0 Å². The molecule has 0 fully saturated rings. The molecule has 3 aromatic carbocycles. The van der Waals surface area contributed by atoms with Crippen molar-refractivity contribution in [3.05, 3.63) is 96.1 Å². The lowest BCUT2D eigenvalue weighted by Gasteiger charge is -2.10. The van der Waals surface area contributed by atoms with Crippen molar-refractivity contribution in [2.45, 2.75) is 12.5 Å². The zero-order valence-corrected chi connectivity index (χ0v) is 15.4. The number of nitrogens with one attached hydrogen (secondary N) is 1. The van der Waals surface area contributed by atoms with E-state index in [1.807, 2.05) is 78.9 Å². The van der Waals surface area contributed by atoms with Gasteiger partial charge in [-0.25, -0.2) is 0 Å². The minimum atomic E-state index is -0.128. The van der Waals surface area contributed by atoms with Crippen molar-refractivity contribution < 1.29 is 14.3 Å². The van der Waals surface area contributed by atoms with Gasteiger partial charge in [-0.3, -0.25) is 4.79 Å². The molecule has 1 atom stereocenters. The molecule has 0 bridgehead atoms. The van der Waals surface area contributed by atoms with Crippen molar-refractivity contribution in [3.8, 4) is 17.2 Å². The van der Waals surface area contributed by atoms with E-state index >= 15 is 0 Å². The molecule has 0 saturated heterocycles. The summed E-state index contributed by atoms with van der Waals surface area (Å²) in [4.78, 5) is 12.0. The molecule has 1 heterocycles. The summed E-state index contributed by atoms with van der Waals surface area (Å²) in [7, 11) is 0. The quantitative estimate of drug-likeness (QED) is 0.644. The minimum absolute atomic E-state index is 0.0731. The largest absolute Gasteiger partial charge is 0.488 e. The van der Waals surface area contributed by atoms with Gasteiger partial charge >= 0.3 is 0 Å². The molecule has 28 heavy (non-hydrogen) atoms. The van der Waals surface area contributed by atoms with Gasteiger partial charge in [0.1, 0.15) is 23.4 Å². The van der Waals surface area contributed by atoms with Gasteiger partial charge < -0.3 is 14.8 Å². The van der Waals surface area contributed by atoms with Crippen LogP contribution < -0.4 is 14.8 Å². The van der Waals surface area contributed by atoms with Crippen LogP contribution in [0.3, 0.4) is 0 Å². The maximum Gasteiger partial charge on any atom is 0.244 e. The van der Waals surface area contributed by atoms with Crippen LogP contribution in [0.15, 0.2) is 84.9 Å². The Morgan fingerprint density at radius 2 is 1.75 bits per heavy atom. The number of para-hydroxylation sites is 1. The van der Waals surface area contributed by atoms with Gasteiger partial charge in [0.05, 0.1) is 6.54 Å². The third-order valence-electron chi connectivity index (χ3n) is 4.48. The highest BCUT2D eigenvalue weighted by atomic mass is 16.5. The number of hydrogen-bond donors (Lipinski definition) is 1. The molecule has 0 radical (unpaired) electrons. The molecule has 1 aliphatic rings. The van der Waals surface area contributed by atoms with E-state index < -0.39 is 0 Å². The number of carbonyl (C=O) groups is 1. The molecule has 1 N–H and O–H groups in total.